The third-order valence-electron chi connectivity index (χ3n) is 2.71. The number of benzene rings is 1. The van der Waals surface area contributed by atoms with E-state index in [-0.39, 0.29) is 17.4 Å². The number of rotatable bonds is 5. The number of hydrogen-bond acceptors (Lipinski definition) is 4. The minimum absolute atomic E-state index is 0.0462. The summed E-state index contributed by atoms with van der Waals surface area (Å²) in [5.74, 6) is -0.507. The van der Waals surface area contributed by atoms with Gasteiger partial charge in [0.25, 0.3) is 5.91 Å². The number of carbonyl (C=O) groups excluding carboxylic acids is 2. The Labute approximate surface area is 153 Å². The van der Waals surface area contributed by atoms with Crippen LogP contribution < -0.4 is 15.4 Å². The lowest BCUT2D eigenvalue weighted by Crippen LogP contribution is -2.47. The molecule has 0 aliphatic rings. The second-order valence-electron chi connectivity index (χ2n) is 4.70. The summed E-state index contributed by atoms with van der Waals surface area (Å²) in [5.41, 5.74) is 0.500. The third kappa shape index (κ3) is 5.33. The molecule has 0 unspecified atom stereocenters. The van der Waals surface area contributed by atoms with Crippen molar-refractivity contribution in [3.63, 3.8) is 0 Å². The van der Waals surface area contributed by atoms with Gasteiger partial charge in [0, 0.05) is 18.7 Å². The number of nitrogens with one attached hydrogen (secondary N) is 2. The Balaban J connectivity index is 2.14. The van der Waals surface area contributed by atoms with Crippen LogP contribution in [0.15, 0.2) is 47.1 Å². The first-order chi connectivity index (χ1) is 11.3. The van der Waals surface area contributed by atoms with E-state index in [1.165, 1.54) is 25.3 Å². The summed E-state index contributed by atoms with van der Waals surface area (Å²) in [6, 6.07) is 9.45. The SMILES string of the molecule is CC(=O)Nc1cccc(O[C@H](NC(=O)c2ccco2)C(Cl)(Cl)Cl)c1. The van der Waals surface area contributed by atoms with E-state index < -0.39 is 15.9 Å². The van der Waals surface area contributed by atoms with Gasteiger partial charge in [-0.15, -0.1) is 0 Å². The largest absolute Gasteiger partial charge is 0.466 e. The summed E-state index contributed by atoms with van der Waals surface area (Å²) < 4.78 is 8.59. The topological polar surface area (TPSA) is 80.6 Å². The summed E-state index contributed by atoms with van der Waals surface area (Å²) in [4.78, 5) is 23.1. The molecule has 0 spiro atoms. The van der Waals surface area contributed by atoms with Gasteiger partial charge in [-0.3, -0.25) is 9.59 Å². The van der Waals surface area contributed by atoms with Gasteiger partial charge >= 0.3 is 0 Å². The van der Waals surface area contributed by atoms with Gasteiger partial charge in [0.15, 0.2) is 5.76 Å². The number of amides is 2. The maximum absolute atomic E-state index is 12.0. The molecular formula is C15H13Cl3N2O4. The van der Waals surface area contributed by atoms with E-state index in [0.717, 1.165) is 0 Å². The first-order valence-electron chi connectivity index (χ1n) is 6.71. The number of carbonyl (C=O) groups is 2. The molecule has 2 rings (SSSR count). The zero-order chi connectivity index (χ0) is 17.7. The number of furan rings is 1. The number of halogens is 3. The Morgan fingerprint density at radius 3 is 2.54 bits per heavy atom. The zero-order valence-corrected chi connectivity index (χ0v) is 14.7. The predicted molar refractivity (Wildman–Crippen MR) is 91.6 cm³/mol. The number of ether oxygens (including phenoxy) is 1. The molecule has 0 saturated carbocycles. The van der Waals surface area contributed by atoms with Gasteiger partial charge < -0.3 is 19.8 Å². The zero-order valence-electron chi connectivity index (χ0n) is 12.4. The molecule has 24 heavy (non-hydrogen) atoms. The van der Waals surface area contributed by atoms with Crippen LogP contribution in [-0.4, -0.2) is 21.8 Å². The van der Waals surface area contributed by atoms with Crippen LogP contribution in [0.1, 0.15) is 17.5 Å². The Hall–Kier alpha value is -1.89. The molecule has 128 valence electrons. The summed E-state index contributed by atoms with van der Waals surface area (Å²) >= 11 is 17.6. The van der Waals surface area contributed by atoms with Crippen molar-refractivity contribution in [2.24, 2.45) is 0 Å². The molecular weight excluding hydrogens is 379 g/mol. The summed E-state index contributed by atoms with van der Waals surface area (Å²) in [5, 5.41) is 5.03. The van der Waals surface area contributed by atoms with E-state index in [1.807, 2.05) is 0 Å². The van der Waals surface area contributed by atoms with E-state index in [4.69, 9.17) is 44.0 Å². The van der Waals surface area contributed by atoms with Crippen LogP contribution in [0.2, 0.25) is 0 Å². The summed E-state index contributed by atoms with van der Waals surface area (Å²) in [6.07, 6.45) is 0.0597. The van der Waals surface area contributed by atoms with Crippen LogP contribution in [0.3, 0.4) is 0 Å². The van der Waals surface area contributed by atoms with Crippen molar-refractivity contribution in [2.75, 3.05) is 5.32 Å². The van der Waals surface area contributed by atoms with Crippen LogP contribution in [0.25, 0.3) is 0 Å². The molecule has 1 aromatic carbocycles. The average Bonchev–Trinajstić information content (AvgIpc) is 2.99. The standard InChI is InChI=1S/C15H13Cl3N2O4/c1-9(21)19-10-4-2-5-11(8-10)24-14(15(16,17)18)20-13(22)12-6-3-7-23-12/h2-8,14H,1H3,(H,19,21)(H,20,22)/t14-/m0/s1. The minimum Gasteiger partial charge on any atom is -0.466 e. The highest BCUT2D eigenvalue weighted by atomic mass is 35.6. The molecule has 0 aliphatic carbocycles. The van der Waals surface area contributed by atoms with Gasteiger partial charge in [-0.25, -0.2) is 0 Å². The lowest BCUT2D eigenvalue weighted by atomic mass is 10.3. The molecule has 1 aromatic heterocycles. The Morgan fingerprint density at radius 2 is 1.96 bits per heavy atom. The molecule has 1 heterocycles. The van der Waals surface area contributed by atoms with E-state index in [1.54, 1.807) is 24.3 Å². The van der Waals surface area contributed by atoms with Crippen molar-refractivity contribution in [1.82, 2.24) is 5.32 Å². The normalized spacial score (nSPS) is 12.3. The van der Waals surface area contributed by atoms with Gasteiger partial charge in [-0.2, -0.15) is 0 Å². The number of alkyl halides is 3. The monoisotopic (exact) mass is 390 g/mol. The van der Waals surface area contributed by atoms with Gasteiger partial charge in [0.05, 0.1) is 6.26 Å². The van der Waals surface area contributed by atoms with E-state index >= 15 is 0 Å². The smallest absolute Gasteiger partial charge is 0.289 e. The van der Waals surface area contributed by atoms with Gasteiger partial charge in [0.1, 0.15) is 5.75 Å². The highest BCUT2D eigenvalue weighted by Crippen LogP contribution is 2.32. The van der Waals surface area contributed by atoms with Crippen molar-refractivity contribution in [2.45, 2.75) is 16.9 Å². The van der Waals surface area contributed by atoms with E-state index in [2.05, 4.69) is 10.6 Å². The molecule has 0 saturated heterocycles. The van der Waals surface area contributed by atoms with Crippen molar-refractivity contribution >= 4 is 52.3 Å². The summed E-state index contributed by atoms with van der Waals surface area (Å²) in [6.45, 7) is 1.38. The maximum Gasteiger partial charge on any atom is 0.289 e. The molecule has 0 bridgehead atoms. The molecule has 9 heteroatoms. The molecule has 0 aliphatic heterocycles. The fourth-order valence-electron chi connectivity index (χ4n) is 1.76. The van der Waals surface area contributed by atoms with E-state index in [0.29, 0.717) is 5.69 Å². The second kappa shape index (κ2) is 7.79. The average molecular weight is 392 g/mol. The lowest BCUT2D eigenvalue weighted by Gasteiger charge is -2.26. The predicted octanol–water partition coefficient (Wildman–Crippen LogP) is 3.74. The highest BCUT2D eigenvalue weighted by molar-refractivity contribution is 6.68. The van der Waals surface area contributed by atoms with Crippen LogP contribution >= 0.6 is 34.8 Å². The lowest BCUT2D eigenvalue weighted by molar-refractivity contribution is -0.114. The van der Waals surface area contributed by atoms with Crippen molar-refractivity contribution in [1.29, 1.82) is 0 Å². The first-order valence-corrected chi connectivity index (χ1v) is 7.84. The molecule has 0 fully saturated rings. The Kier molecular flexibility index (Phi) is 5.99. The van der Waals surface area contributed by atoms with Gasteiger partial charge in [0.2, 0.25) is 15.9 Å². The van der Waals surface area contributed by atoms with Crippen molar-refractivity contribution in [3.05, 3.63) is 48.4 Å². The van der Waals surface area contributed by atoms with E-state index in [9.17, 15) is 9.59 Å². The minimum atomic E-state index is -1.94. The fraction of sp³-hybridized carbons (Fsp3) is 0.200. The molecule has 1 atom stereocenters. The number of anilines is 1. The molecule has 2 aromatic rings. The van der Waals surface area contributed by atoms with Crippen LogP contribution in [0.5, 0.6) is 5.75 Å². The number of hydrogen-bond donors (Lipinski definition) is 2. The summed E-state index contributed by atoms with van der Waals surface area (Å²) in [7, 11) is 0. The van der Waals surface area contributed by atoms with Crippen molar-refractivity contribution < 1.29 is 18.7 Å². The van der Waals surface area contributed by atoms with Gasteiger partial charge in [-0.05, 0) is 24.3 Å². The molecule has 0 radical (unpaired) electrons. The molecule has 6 nitrogen and oxygen atoms in total. The van der Waals surface area contributed by atoms with Gasteiger partial charge in [-0.1, -0.05) is 40.9 Å². The second-order valence-corrected chi connectivity index (χ2v) is 7.07. The highest BCUT2D eigenvalue weighted by Gasteiger charge is 2.36. The van der Waals surface area contributed by atoms with Crippen LogP contribution in [0, 0.1) is 0 Å². The maximum atomic E-state index is 12.0. The fourth-order valence-corrected chi connectivity index (χ4v) is 2.06. The van der Waals surface area contributed by atoms with Crippen LogP contribution in [-0.2, 0) is 4.79 Å². The quantitative estimate of drug-likeness (QED) is 0.601. The Morgan fingerprint density at radius 1 is 1.21 bits per heavy atom. The van der Waals surface area contributed by atoms with Crippen molar-refractivity contribution in [3.8, 4) is 5.75 Å². The first kappa shape index (κ1) is 18.4. The Bertz CT molecular complexity index is 714. The molecule has 2 N–H and O–H groups in total. The van der Waals surface area contributed by atoms with Crippen LogP contribution in [0.4, 0.5) is 5.69 Å². The third-order valence-corrected chi connectivity index (χ3v) is 3.31. The molecule has 2 amide bonds.